The quantitative estimate of drug-likeness (QED) is 0.848. The normalized spacial score (nSPS) is 10.1. The van der Waals surface area contributed by atoms with E-state index in [0.717, 1.165) is 11.3 Å². The molecule has 0 fully saturated rings. The maximum atomic E-state index is 11.6. The average molecular weight is 245 g/mol. The lowest BCUT2D eigenvalue weighted by Crippen LogP contribution is -2.15. The molecule has 2 N–H and O–H groups in total. The first kappa shape index (κ1) is 12.2. The second-order valence-corrected chi connectivity index (χ2v) is 3.90. The van der Waals surface area contributed by atoms with Crippen molar-refractivity contribution in [2.75, 3.05) is 11.9 Å². The Labute approximate surface area is 105 Å². The van der Waals surface area contributed by atoms with E-state index in [1.54, 1.807) is 12.4 Å². The highest BCUT2D eigenvalue weighted by atomic mass is 16.5. The van der Waals surface area contributed by atoms with Gasteiger partial charge in [-0.1, -0.05) is 18.2 Å². The van der Waals surface area contributed by atoms with Crippen LogP contribution in [0.1, 0.15) is 12.0 Å². The summed E-state index contributed by atoms with van der Waals surface area (Å²) in [7, 11) is 0. The first-order chi connectivity index (χ1) is 8.75. The van der Waals surface area contributed by atoms with Gasteiger partial charge in [0, 0.05) is 6.20 Å². The number of hydrogen-bond acceptors (Lipinski definition) is 3. The first-order valence-corrected chi connectivity index (χ1v) is 5.73. The van der Waals surface area contributed by atoms with Crippen LogP contribution < -0.4 is 10.1 Å². The number of nitrogens with one attached hydrogen (secondary N) is 2. The van der Waals surface area contributed by atoms with Crippen molar-refractivity contribution in [2.24, 2.45) is 0 Å². The molecule has 0 aliphatic heterocycles. The second-order valence-electron chi connectivity index (χ2n) is 3.90. The summed E-state index contributed by atoms with van der Waals surface area (Å²) < 4.78 is 5.54. The van der Waals surface area contributed by atoms with Gasteiger partial charge in [-0.25, -0.2) is 0 Å². The van der Waals surface area contributed by atoms with Crippen LogP contribution in [0.4, 0.5) is 5.69 Å². The molecule has 1 aromatic heterocycles. The highest BCUT2D eigenvalue weighted by Gasteiger charge is 2.04. The van der Waals surface area contributed by atoms with Crippen molar-refractivity contribution >= 4 is 11.6 Å². The molecule has 2 aromatic rings. The molecule has 0 saturated heterocycles. The fourth-order valence-electron chi connectivity index (χ4n) is 1.51. The molecule has 0 bridgehead atoms. The number of aromatic nitrogens is 2. The van der Waals surface area contributed by atoms with E-state index in [-0.39, 0.29) is 5.91 Å². The number of carbonyl (C=O) groups excluding carboxylic acids is 1. The monoisotopic (exact) mass is 245 g/mol. The molecule has 1 amide bonds. The third-order valence-corrected chi connectivity index (χ3v) is 2.46. The van der Waals surface area contributed by atoms with Crippen molar-refractivity contribution in [2.45, 2.75) is 13.3 Å². The van der Waals surface area contributed by atoms with Crippen molar-refractivity contribution in [1.82, 2.24) is 10.2 Å². The molecule has 0 aliphatic rings. The van der Waals surface area contributed by atoms with Gasteiger partial charge in [0.15, 0.2) is 0 Å². The highest BCUT2D eigenvalue weighted by Crippen LogP contribution is 2.16. The summed E-state index contributed by atoms with van der Waals surface area (Å²) in [6.07, 6.45) is 3.49. The van der Waals surface area contributed by atoms with Gasteiger partial charge in [-0.05, 0) is 18.6 Å². The molecule has 0 unspecified atom stereocenters. The standard InChI is InChI=1S/C13H15N3O2/c1-10-4-2-3-5-12(10)18-7-6-13(17)16-11-8-14-15-9-11/h2-5,8-9H,6-7H2,1H3,(H,14,15)(H,16,17). The third kappa shape index (κ3) is 3.35. The number of H-pyrrole nitrogens is 1. The fraction of sp³-hybridized carbons (Fsp3) is 0.231. The SMILES string of the molecule is Cc1ccccc1OCCC(=O)Nc1cn[nH]c1. The Hall–Kier alpha value is -2.30. The van der Waals surface area contributed by atoms with Crippen LogP contribution in [0.2, 0.25) is 0 Å². The summed E-state index contributed by atoms with van der Waals surface area (Å²) in [6.45, 7) is 2.33. The minimum Gasteiger partial charge on any atom is -0.493 e. The summed E-state index contributed by atoms with van der Waals surface area (Å²) >= 11 is 0. The fourth-order valence-corrected chi connectivity index (χ4v) is 1.51. The molecule has 2 rings (SSSR count). The lowest BCUT2D eigenvalue weighted by Gasteiger charge is -2.08. The molecule has 1 aromatic carbocycles. The van der Waals surface area contributed by atoms with E-state index < -0.39 is 0 Å². The van der Waals surface area contributed by atoms with E-state index in [2.05, 4.69) is 15.5 Å². The van der Waals surface area contributed by atoms with Gasteiger partial charge in [-0.2, -0.15) is 5.10 Å². The third-order valence-electron chi connectivity index (χ3n) is 2.46. The topological polar surface area (TPSA) is 67.0 Å². The molecule has 94 valence electrons. The van der Waals surface area contributed by atoms with Gasteiger partial charge in [0.1, 0.15) is 5.75 Å². The van der Waals surface area contributed by atoms with Crippen LogP contribution in [-0.4, -0.2) is 22.7 Å². The van der Waals surface area contributed by atoms with Gasteiger partial charge >= 0.3 is 0 Å². The smallest absolute Gasteiger partial charge is 0.227 e. The maximum absolute atomic E-state index is 11.6. The van der Waals surface area contributed by atoms with Crippen LogP contribution in [0.3, 0.4) is 0 Å². The number of nitrogens with zero attached hydrogens (tertiary/aromatic N) is 1. The number of hydrogen-bond donors (Lipinski definition) is 2. The summed E-state index contributed by atoms with van der Waals surface area (Å²) in [5.74, 6) is 0.721. The second kappa shape index (κ2) is 5.86. The maximum Gasteiger partial charge on any atom is 0.227 e. The minimum atomic E-state index is -0.0926. The van der Waals surface area contributed by atoms with Crippen molar-refractivity contribution < 1.29 is 9.53 Å². The van der Waals surface area contributed by atoms with Crippen LogP contribution in [-0.2, 0) is 4.79 Å². The minimum absolute atomic E-state index is 0.0926. The summed E-state index contributed by atoms with van der Waals surface area (Å²) in [5, 5.41) is 9.08. The van der Waals surface area contributed by atoms with Gasteiger partial charge in [-0.15, -0.1) is 0 Å². The number of aromatic amines is 1. The van der Waals surface area contributed by atoms with Gasteiger partial charge in [0.25, 0.3) is 0 Å². The van der Waals surface area contributed by atoms with E-state index >= 15 is 0 Å². The Bertz CT molecular complexity index is 509. The van der Waals surface area contributed by atoms with Crippen LogP contribution in [0.25, 0.3) is 0 Å². The first-order valence-electron chi connectivity index (χ1n) is 5.73. The van der Waals surface area contributed by atoms with E-state index in [1.807, 2.05) is 31.2 Å². The molecular formula is C13H15N3O2. The Kier molecular flexibility index (Phi) is 3.96. The van der Waals surface area contributed by atoms with Crippen LogP contribution in [0.15, 0.2) is 36.7 Å². The molecule has 0 spiro atoms. The molecule has 0 aliphatic carbocycles. The van der Waals surface area contributed by atoms with Crippen molar-refractivity contribution in [3.8, 4) is 5.75 Å². The molecule has 5 nitrogen and oxygen atoms in total. The Morgan fingerprint density at radius 3 is 3.00 bits per heavy atom. The van der Waals surface area contributed by atoms with Crippen molar-refractivity contribution in [3.05, 3.63) is 42.2 Å². The largest absolute Gasteiger partial charge is 0.493 e. The molecule has 5 heteroatoms. The van der Waals surface area contributed by atoms with Gasteiger partial charge in [0.05, 0.1) is 24.9 Å². The zero-order valence-corrected chi connectivity index (χ0v) is 10.1. The van der Waals surface area contributed by atoms with Crippen LogP contribution >= 0.6 is 0 Å². The van der Waals surface area contributed by atoms with Crippen molar-refractivity contribution in [1.29, 1.82) is 0 Å². The lowest BCUT2D eigenvalue weighted by atomic mass is 10.2. The molecule has 0 atom stereocenters. The average Bonchev–Trinajstić information content (AvgIpc) is 2.84. The lowest BCUT2D eigenvalue weighted by molar-refractivity contribution is -0.116. The predicted octanol–water partition coefficient (Wildman–Crippen LogP) is 2.13. The number of aryl methyl sites for hydroxylation is 1. The van der Waals surface area contributed by atoms with E-state index in [4.69, 9.17) is 4.74 Å². The van der Waals surface area contributed by atoms with E-state index in [0.29, 0.717) is 18.7 Å². The van der Waals surface area contributed by atoms with Crippen LogP contribution in [0, 0.1) is 6.92 Å². The predicted molar refractivity (Wildman–Crippen MR) is 68.5 cm³/mol. The highest BCUT2D eigenvalue weighted by molar-refractivity contribution is 5.90. The zero-order valence-electron chi connectivity index (χ0n) is 10.1. The van der Waals surface area contributed by atoms with Crippen molar-refractivity contribution in [3.63, 3.8) is 0 Å². The molecule has 0 radical (unpaired) electrons. The Balaban J connectivity index is 1.75. The number of carbonyl (C=O) groups is 1. The number of para-hydroxylation sites is 1. The van der Waals surface area contributed by atoms with Gasteiger partial charge < -0.3 is 10.1 Å². The number of rotatable bonds is 5. The van der Waals surface area contributed by atoms with Crippen LogP contribution in [0.5, 0.6) is 5.75 Å². The zero-order chi connectivity index (χ0) is 12.8. The summed E-state index contributed by atoms with van der Waals surface area (Å²) in [4.78, 5) is 11.6. The molecule has 1 heterocycles. The number of anilines is 1. The Morgan fingerprint density at radius 1 is 1.44 bits per heavy atom. The molecular weight excluding hydrogens is 230 g/mol. The van der Waals surface area contributed by atoms with Gasteiger partial charge in [-0.3, -0.25) is 9.89 Å². The Morgan fingerprint density at radius 2 is 2.28 bits per heavy atom. The van der Waals surface area contributed by atoms with E-state index in [9.17, 15) is 4.79 Å². The summed E-state index contributed by atoms with van der Waals surface area (Å²) in [5.41, 5.74) is 1.73. The number of ether oxygens (including phenoxy) is 1. The number of amides is 1. The molecule has 0 saturated carbocycles. The summed E-state index contributed by atoms with van der Waals surface area (Å²) in [6, 6.07) is 7.73. The van der Waals surface area contributed by atoms with Gasteiger partial charge in [0.2, 0.25) is 5.91 Å². The number of benzene rings is 1. The van der Waals surface area contributed by atoms with E-state index in [1.165, 1.54) is 0 Å². The molecule has 18 heavy (non-hydrogen) atoms.